The van der Waals surface area contributed by atoms with Crippen molar-refractivity contribution in [1.29, 1.82) is 0 Å². The molecule has 0 saturated carbocycles. The predicted molar refractivity (Wildman–Crippen MR) is 123 cm³/mol. The van der Waals surface area contributed by atoms with Gasteiger partial charge in [0.2, 0.25) is 0 Å². The number of esters is 4. The van der Waals surface area contributed by atoms with Crippen molar-refractivity contribution in [2.24, 2.45) is 11.8 Å². The van der Waals surface area contributed by atoms with Gasteiger partial charge in [0.15, 0.2) is 6.10 Å². The molecule has 0 spiro atoms. The van der Waals surface area contributed by atoms with E-state index in [4.69, 9.17) is 35.3 Å². The van der Waals surface area contributed by atoms with Crippen molar-refractivity contribution in [3.63, 3.8) is 0 Å². The molecule has 10 nitrogen and oxygen atoms in total. The molecular weight excluding hydrogens is 484 g/mol. The van der Waals surface area contributed by atoms with E-state index in [1.165, 1.54) is 26.2 Å². The van der Waals surface area contributed by atoms with Gasteiger partial charge in [-0.25, -0.2) is 0 Å². The summed E-state index contributed by atoms with van der Waals surface area (Å²) >= 11 is 6.17. The fourth-order valence-corrected chi connectivity index (χ4v) is 4.32. The second-order valence-electron chi connectivity index (χ2n) is 9.68. The number of fused-ring (bicyclic) bond motifs is 1. The second kappa shape index (κ2) is 11.4. The minimum absolute atomic E-state index is 0.0286. The quantitative estimate of drug-likeness (QED) is 0.262. The van der Waals surface area contributed by atoms with Crippen LogP contribution in [-0.2, 0) is 42.9 Å². The Morgan fingerprint density at radius 2 is 1.80 bits per heavy atom. The summed E-state index contributed by atoms with van der Waals surface area (Å²) < 4.78 is 26.9. The number of aliphatic hydroxyl groups is 1. The Balaban J connectivity index is 2.34. The van der Waals surface area contributed by atoms with Crippen LogP contribution >= 0.6 is 11.6 Å². The number of hydrogen-bond donors (Lipinski definition) is 1. The lowest BCUT2D eigenvalue weighted by atomic mass is 9.82. The van der Waals surface area contributed by atoms with E-state index in [2.05, 4.69) is 0 Å². The molecule has 0 radical (unpaired) electrons. The second-order valence-corrected chi connectivity index (χ2v) is 9.95. The van der Waals surface area contributed by atoms with E-state index in [9.17, 15) is 24.3 Å². The molecule has 0 aromatic heterocycles. The van der Waals surface area contributed by atoms with Crippen LogP contribution in [0.4, 0.5) is 0 Å². The smallest absolute Gasteiger partial charge is 0.310 e. The average molecular weight is 517 g/mol. The molecule has 196 valence electrons. The molecule has 0 aromatic rings. The van der Waals surface area contributed by atoms with Gasteiger partial charge >= 0.3 is 23.9 Å². The van der Waals surface area contributed by atoms with E-state index in [-0.39, 0.29) is 25.4 Å². The van der Waals surface area contributed by atoms with Crippen molar-refractivity contribution in [3.8, 4) is 0 Å². The third kappa shape index (κ3) is 7.44. The predicted octanol–water partition coefficient (Wildman–Crippen LogP) is 2.55. The lowest BCUT2D eigenvalue weighted by Gasteiger charge is -2.39. The summed E-state index contributed by atoms with van der Waals surface area (Å²) in [5.41, 5.74) is -2.24. The maximum atomic E-state index is 12.7. The van der Waals surface area contributed by atoms with Gasteiger partial charge in [-0.05, 0) is 31.4 Å². The number of hydrogen-bond acceptors (Lipinski definition) is 10. The van der Waals surface area contributed by atoms with E-state index in [0.29, 0.717) is 11.1 Å². The van der Waals surface area contributed by atoms with Crippen LogP contribution in [0.15, 0.2) is 23.5 Å². The van der Waals surface area contributed by atoms with Crippen molar-refractivity contribution >= 4 is 35.5 Å². The summed E-state index contributed by atoms with van der Waals surface area (Å²) in [4.78, 5) is 47.7. The van der Waals surface area contributed by atoms with E-state index in [1.54, 1.807) is 13.8 Å². The molecule has 0 bridgehead atoms. The minimum atomic E-state index is -1.91. The summed E-state index contributed by atoms with van der Waals surface area (Å²) in [5.74, 6) is -3.77. The summed E-state index contributed by atoms with van der Waals surface area (Å²) in [7, 11) is 0. The highest BCUT2D eigenvalue weighted by Crippen LogP contribution is 2.47. The molecule has 11 heteroatoms. The van der Waals surface area contributed by atoms with Gasteiger partial charge in [0.05, 0.1) is 24.5 Å². The first-order valence-corrected chi connectivity index (χ1v) is 11.8. The monoisotopic (exact) mass is 516 g/mol. The maximum absolute atomic E-state index is 12.7. The molecule has 1 N–H and O–H groups in total. The first-order valence-electron chi connectivity index (χ1n) is 11.3. The first kappa shape index (κ1) is 28.6. The average Bonchev–Trinajstić information content (AvgIpc) is 2.98. The zero-order valence-corrected chi connectivity index (χ0v) is 21.5. The number of alkyl halides is 1. The molecule has 2 rings (SSSR count). The van der Waals surface area contributed by atoms with Crippen LogP contribution in [0.2, 0.25) is 0 Å². The van der Waals surface area contributed by atoms with Crippen LogP contribution in [0.1, 0.15) is 54.4 Å². The lowest BCUT2D eigenvalue weighted by molar-refractivity contribution is -0.204. The summed E-state index contributed by atoms with van der Waals surface area (Å²) in [5, 5.41) is 11.6. The molecule has 0 fully saturated rings. The summed E-state index contributed by atoms with van der Waals surface area (Å²) in [6.45, 7) is 9.09. The minimum Gasteiger partial charge on any atom is -0.461 e. The van der Waals surface area contributed by atoms with Gasteiger partial charge in [0.1, 0.15) is 17.8 Å². The van der Waals surface area contributed by atoms with Crippen LogP contribution in [0.5, 0.6) is 0 Å². The van der Waals surface area contributed by atoms with Gasteiger partial charge in [-0.3, -0.25) is 19.2 Å². The van der Waals surface area contributed by atoms with Crippen LogP contribution in [-0.4, -0.2) is 65.1 Å². The molecule has 1 heterocycles. The number of ether oxygens (including phenoxy) is 5. The SMILES string of the molecule is CC(=O)OCC1=COC(OC(=O)CC(C)C)[C@H]2C1=CC(OC(=O)CC(C)(C)OC(C)=O)[C@]2(O)CCl. The topological polar surface area (TPSA) is 135 Å². The zero-order chi connectivity index (χ0) is 26.6. The highest BCUT2D eigenvalue weighted by atomic mass is 35.5. The van der Waals surface area contributed by atoms with E-state index in [0.717, 1.165) is 0 Å². The standard InChI is InChI=1S/C24H33ClO10/c1-13(2)7-19(28)34-22-21-17(16(11-32-22)10-31-14(3)26)8-18(24(21,30)12-25)33-20(29)9-23(5,6)35-15(4)27/h8,11,13,18,21-22,30H,7,9-10,12H2,1-6H3/t18?,21-,22?,24-/m1/s1. The molecule has 0 amide bonds. The third-order valence-corrected chi connectivity index (χ3v) is 5.83. The van der Waals surface area contributed by atoms with Crippen LogP contribution in [0.3, 0.4) is 0 Å². The molecule has 4 atom stereocenters. The number of rotatable bonds is 10. The number of halogens is 1. The number of carbonyl (C=O) groups is 4. The van der Waals surface area contributed by atoms with Gasteiger partial charge in [-0.2, -0.15) is 0 Å². The fraction of sp³-hybridized carbons (Fsp3) is 0.667. The van der Waals surface area contributed by atoms with Crippen molar-refractivity contribution in [3.05, 3.63) is 23.5 Å². The molecule has 1 aliphatic heterocycles. The molecule has 2 unspecified atom stereocenters. The Hall–Kier alpha value is -2.59. The van der Waals surface area contributed by atoms with Crippen molar-refractivity contribution in [1.82, 2.24) is 0 Å². The van der Waals surface area contributed by atoms with Crippen LogP contribution in [0, 0.1) is 11.8 Å². The molecule has 35 heavy (non-hydrogen) atoms. The Morgan fingerprint density at radius 3 is 2.34 bits per heavy atom. The van der Waals surface area contributed by atoms with Crippen LogP contribution < -0.4 is 0 Å². The molecule has 2 aliphatic rings. The van der Waals surface area contributed by atoms with E-state index >= 15 is 0 Å². The van der Waals surface area contributed by atoms with Gasteiger partial charge in [0, 0.05) is 25.8 Å². The highest BCUT2D eigenvalue weighted by Gasteiger charge is 2.58. The zero-order valence-electron chi connectivity index (χ0n) is 20.8. The van der Waals surface area contributed by atoms with Gasteiger partial charge < -0.3 is 28.8 Å². The molecular formula is C24H33ClO10. The Morgan fingerprint density at radius 1 is 1.14 bits per heavy atom. The Bertz CT molecular complexity index is 906. The van der Waals surface area contributed by atoms with Gasteiger partial charge in [-0.15, -0.1) is 11.6 Å². The largest absolute Gasteiger partial charge is 0.461 e. The summed E-state index contributed by atoms with van der Waals surface area (Å²) in [6.07, 6.45) is 0.104. The Labute approximate surface area is 209 Å². The van der Waals surface area contributed by atoms with Crippen molar-refractivity contribution < 1.29 is 48.0 Å². The lowest BCUT2D eigenvalue weighted by Crippen LogP contribution is -2.54. The summed E-state index contributed by atoms with van der Waals surface area (Å²) in [6, 6.07) is 0. The van der Waals surface area contributed by atoms with E-state index in [1.807, 2.05) is 13.8 Å². The first-order chi connectivity index (χ1) is 16.2. The third-order valence-electron chi connectivity index (χ3n) is 5.40. The molecule has 0 saturated heterocycles. The van der Waals surface area contributed by atoms with Gasteiger partial charge in [0.25, 0.3) is 6.29 Å². The Kier molecular flexibility index (Phi) is 9.36. The van der Waals surface area contributed by atoms with Crippen molar-refractivity contribution in [2.45, 2.75) is 78.0 Å². The molecule has 1 aliphatic carbocycles. The van der Waals surface area contributed by atoms with Gasteiger partial charge in [-0.1, -0.05) is 13.8 Å². The van der Waals surface area contributed by atoms with Crippen molar-refractivity contribution in [2.75, 3.05) is 12.5 Å². The normalized spacial score (nSPS) is 25.6. The van der Waals surface area contributed by atoms with Crippen LogP contribution in [0.25, 0.3) is 0 Å². The fourth-order valence-electron chi connectivity index (χ4n) is 4.00. The van der Waals surface area contributed by atoms with E-state index < -0.39 is 59.3 Å². The molecule has 0 aromatic carbocycles. The highest BCUT2D eigenvalue weighted by molar-refractivity contribution is 6.18. The maximum Gasteiger partial charge on any atom is 0.310 e. The number of carbonyl (C=O) groups excluding carboxylic acids is 4.